The zero-order valence-electron chi connectivity index (χ0n) is 13.8. The molecule has 0 radical (unpaired) electrons. The third-order valence-electron chi connectivity index (χ3n) is 3.27. The lowest BCUT2D eigenvalue weighted by molar-refractivity contribution is -0.165. The SMILES string of the molecule is CC.CC(C)C.CC(C)N1CCCCC12COC2. The zero-order chi connectivity index (χ0) is 14.2. The second-order valence-corrected chi connectivity index (χ2v) is 6.19. The summed E-state index contributed by atoms with van der Waals surface area (Å²) in [5.41, 5.74) is 0.451. The predicted octanol–water partition coefficient (Wildman–Crippen LogP) is 4.34. The minimum absolute atomic E-state index is 0.451. The highest BCUT2D eigenvalue weighted by atomic mass is 16.5. The molecule has 0 aromatic rings. The maximum Gasteiger partial charge on any atom is 0.0680 e. The first-order chi connectivity index (χ1) is 8.48. The van der Waals surface area contributed by atoms with Crippen LogP contribution in [0.3, 0.4) is 0 Å². The molecule has 0 amide bonds. The Morgan fingerprint density at radius 1 is 0.944 bits per heavy atom. The van der Waals surface area contributed by atoms with Crippen LogP contribution < -0.4 is 0 Å². The molecule has 0 aromatic heterocycles. The molecule has 0 atom stereocenters. The Morgan fingerprint density at radius 2 is 1.44 bits per heavy atom. The van der Waals surface area contributed by atoms with Crippen LogP contribution in [0.4, 0.5) is 0 Å². The van der Waals surface area contributed by atoms with Crippen LogP contribution in [0.5, 0.6) is 0 Å². The highest BCUT2D eigenvalue weighted by Gasteiger charge is 2.45. The van der Waals surface area contributed by atoms with Crippen LogP contribution in [0, 0.1) is 5.92 Å². The van der Waals surface area contributed by atoms with Gasteiger partial charge in [0.05, 0.1) is 18.8 Å². The van der Waals surface area contributed by atoms with E-state index in [1.54, 1.807) is 0 Å². The molecule has 2 aliphatic heterocycles. The fourth-order valence-electron chi connectivity index (χ4n) is 2.57. The minimum Gasteiger partial charge on any atom is -0.377 e. The fraction of sp³-hybridized carbons (Fsp3) is 1.00. The third-order valence-corrected chi connectivity index (χ3v) is 3.27. The zero-order valence-corrected chi connectivity index (χ0v) is 13.8. The standard InChI is InChI=1S/C10H19NO.C4H10.C2H6/c1-9(2)11-6-4-3-5-10(11)7-12-8-10;1-4(2)3;1-2/h9H,3-8H2,1-2H3;4H,1-3H3;1-2H3. The molecule has 1 spiro atoms. The summed E-state index contributed by atoms with van der Waals surface area (Å²) in [6, 6.07) is 0.689. The van der Waals surface area contributed by atoms with E-state index >= 15 is 0 Å². The first kappa shape index (κ1) is 17.9. The van der Waals surface area contributed by atoms with Crippen LogP contribution in [-0.2, 0) is 4.74 Å². The molecule has 2 aliphatic rings. The molecule has 2 heterocycles. The Labute approximate surface area is 115 Å². The molecule has 0 aliphatic carbocycles. The summed E-state index contributed by atoms with van der Waals surface area (Å²) in [4.78, 5) is 2.64. The number of likely N-dealkylation sites (tertiary alicyclic amines) is 1. The van der Waals surface area contributed by atoms with Crippen LogP contribution in [0.1, 0.15) is 67.7 Å². The molecule has 18 heavy (non-hydrogen) atoms. The van der Waals surface area contributed by atoms with Crippen LogP contribution >= 0.6 is 0 Å². The van der Waals surface area contributed by atoms with Gasteiger partial charge < -0.3 is 4.74 Å². The minimum atomic E-state index is 0.451. The Morgan fingerprint density at radius 3 is 1.72 bits per heavy atom. The van der Waals surface area contributed by atoms with Gasteiger partial charge in [-0.2, -0.15) is 0 Å². The Balaban J connectivity index is 0.000000415. The van der Waals surface area contributed by atoms with Gasteiger partial charge in [-0.15, -0.1) is 0 Å². The molecule has 2 nitrogen and oxygen atoms in total. The Bertz CT molecular complexity index is 195. The number of nitrogens with zero attached hydrogens (tertiary/aromatic N) is 1. The van der Waals surface area contributed by atoms with Gasteiger partial charge in [-0.3, -0.25) is 4.90 Å². The first-order valence-electron chi connectivity index (χ1n) is 7.82. The van der Waals surface area contributed by atoms with Gasteiger partial charge >= 0.3 is 0 Å². The largest absolute Gasteiger partial charge is 0.377 e. The lowest BCUT2D eigenvalue weighted by Crippen LogP contribution is -2.65. The smallest absolute Gasteiger partial charge is 0.0680 e. The number of piperidine rings is 1. The van der Waals surface area contributed by atoms with Crippen LogP contribution in [0.25, 0.3) is 0 Å². The quantitative estimate of drug-likeness (QED) is 0.693. The molecule has 0 saturated carbocycles. The molecule has 2 rings (SSSR count). The molecular weight excluding hydrogens is 222 g/mol. The molecule has 2 fully saturated rings. The number of hydrogen-bond acceptors (Lipinski definition) is 2. The van der Waals surface area contributed by atoms with E-state index in [2.05, 4.69) is 39.5 Å². The number of rotatable bonds is 1. The van der Waals surface area contributed by atoms with Gasteiger partial charge in [0, 0.05) is 6.04 Å². The van der Waals surface area contributed by atoms with Crippen molar-refractivity contribution < 1.29 is 4.74 Å². The van der Waals surface area contributed by atoms with Crippen LogP contribution in [0.15, 0.2) is 0 Å². The summed E-state index contributed by atoms with van der Waals surface area (Å²) in [6.45, 7) is 18.3. The van der Waals surface area contributed by atoms with Crippen molar-refractivity contribution in [1.82, 2.24) is 4.90 Å². The molecule has 110 valence electrons. The third kappa shape index (κ3) is 5.27. The highest BCUT2D eigenvalue weighted by Crippen LogP contribution is 2.35. The van der Waals surface area contributed by atoms with Crippen molar-refractivity contribution >= 4 is 0 Å². The van der Waals surface area contributed by atoms with E-state index in [0.717, 1.165) is 19.1 Å². The second-order valence-electron chi connectivity index (χ2n) is 6.19. The average molecular weight is 257 g/mol. The molecule has 0 bridgehead atoms. The molecule has 2 saturated heterocycles. The van der Waals surface area contributed by atoms with E-state index in [4.69, 9.17) is 4.74 Å². The van der Waals surface area contributed by atoms with E-state index in [0.29, 0.717) is 11.6 Å². The lowest BCUT2D eigenvalue weighted by atomic mass is 9.84. The number of ether oxygens (including phenoxy) is 1. The fourth-order valence-corrected chi connectivity index (χ4v) is 2.57. The molecule has 0 N–H and O–H groups in total. The first-order valence-corrected chi connectivity index (χ1v) is 7.82. The lowest BCUT2D eigenvalue weighted by Gasteiger charge is -2.54. The van der Waals surface area contributed by atoms with Crippen molar-refractivity contribution in [2.24, 2.45) is 5.92 Å². The van der Waals surface area contributed by atoms with E-state index in [-0.39, 0.29) is 0 Å². The van der Waals surface area contributed by atoms with Gasteiger partial charge in [-0.05, 0) is 39.2 Å². The van der Waals surface area contributed by atoms with E-state index in [9.17, 15) is 0 Å². The topological polar surface area (TPSA) is 12.5 Å². The predicted molar refractivity (Wildman–Crippen MR) is 81.1 cm³/mol. The van der Waals surface area contributed by atoms with Gasteiger partial charge in [0.15, 0.2) is 0 Å². The Hall–Kier alpha value is -0.0800. The van der Waals surface area contributed by atoms with Crippen molar-refractivity contribution in [2.45, 2.75) is 79.3 Å². The van der Waals surface area contributed by atoms with Crippen LogP contribution in [0.2, 0.25) is 0 Å². The van der Waals surface area contributed by atoms with Crippen molar-refractivity contribution in [3.63, 3.8) is 0 Å². The molecule has 0 aromatic carbocycles. The van der Waals surface area contributed by atoms with Gasteiger partial charge in [0.2, 0.25) is 0 Å². The molecule has 2 heteroatoms. The molecule has 0 unspecified atom stereocenters. The summed E-state index contributed by atoms with van der Waals surface area (Å²) < 4.78 is 5.35. The summed E-state index contributed by atoms with van der Waals surface area (Å²) in [5, 5.41) is 0. The van der Waals surface area contributed by atoms with Crippen molar-refractivity contribution in [3.05, 3.63) is 0 Å². The number of hydrogen-bond donors (Lipinski definition) is 0. The maximum absolute atomic E-state index is 5.35. The van der Waals surface area contributed by atoms with Crippen molar-refractivity contribution in [3.8, 4) is 0 Å². The summed E-state index contributed by atoms with van der Waals surface area (Å²) in [5.74, 6) is 0.833. The van der Waals surface area contributed by atoms with Gasteiger partial charge in [0.1, 0.15) is 0 Å². The van der Waals surface area contributed by atoms with Gasteiger partial charge in [-0.25, -0.2) is 0 Å². The average Bonchev–Trinajstić information content (AvgIpc) is 2.28. The Kier molecular flexibility index (Phi) is 8.89. The van der Waals surface area contributed by atoms with E-state index in [1.165, 1.54) is 25.8 Å². The van der Waals surface area contributed by atoms with Gasteiger partial charge in [-0.1, -0.05) is 41.0 Å². The van der Waals surface area contributed by atoms with E-state index in [1.807, 2.05) is 13.8 Å². The maximum atomic E-state index is 5.35. The normalized spacial score (nSPS) is 21.8. The van der Waals surface area contributed by atoms with Crippen molar-refractivity contribution in [1.29, 1.82) is 0 Å². The van der Waals surface area contributed by atoms with Gasteiger partial charge in [0.25, 0.3) is 0 Å². The molecular formula is C16H35NO. The summed E-state index contributed by atoms with van der Waals surface area (Å²) in [6.07, 6.45) is 4.12. The van der Waals surface area contributed by atoms with Crippen LogP contribution in [-0.4, -0.2) is 36.2 Å². The summed E-state index contributed by atoms with van der Waals surface area (Å²) in [7, 11) is 0. The summed E-state index contributed by atoms with van der Waals surface area (Å²) >= 11 is 0. The second kappa shape index (κ2) is 8.92. The van der Waals surface area contributed by atoms with Crippen molar-refractivity contribution in [2.75, 3.05) is 19.8 Å². The van der Waals surface area contributed by atoms with E-state index < -0.39 is 0 Å². The highest BCUT2D eigenvalue weighted by molar-refractivity contribution is 4.99. The monoisotopic (exact) mass is 257 g/mol.